The van der Waals surface area contributed by atoms with Crippen LogP contribution in [0.1, 0.15) is 23.7 Å². The van der Waals surface area contributed by atoms with Crippen LogP contribution in [0.4, 0.5) is 5.69 Å². The molecule has 2 rings (SSSR count). The van der Waals surface area contributed by atoms with Gasteiger partial charge >= 0.3 is 0 Å². The van der Waals surface area contributed by atoms with Crippen molar-refractivity contribution in [3.63, 3.8) is 0 Å². The lowest BCUT2D eigenvalue weighted by Gasteiger charge is -2.09. The third-order valence-electron chi connectivity index (χ3n) is 3.35. The first-order valence-corrected chi connectivity index (χ1v) is 8.08. The van der Waals surface area contributed by atoms with Crippen LogP contribution in [0.2, 0.25) is 0 Å². The van der Waals surface area contributed by atoms with Crippen LogP contribution < -0.4 is 11.1 Å². The number of hydrogen-bond acceptors (Lipinski definition) is 3. The van der Waals surface area contributed by atoms with Gasteiger partial charge in [-0.05, 0) is 24.6 Å². The molecule has 0 bridgehead atoms. The standard InChI is InChI=1S/C14H19N3O2S/c1-9(20(2)19)5-6-16-14(18)12-8-17-13-4-3-10(15)7-11(12)13/h3-4,7-9,17H,5-6,15H2,1-2H3,(H,16,18). The van der Waals surface area contributed by atoms with Gasteiger partial charge in [-0.15, -0.1) is 0 Å². The molecule has 4 N–H and O–H groups in total. The van der Waals surface area contributed by atoms with Crippen molar-refractivity contribution in [1.29, 1.82) is 0 Å². The monoisotopic (exact) mass is 293 g/mol. The van der Waals surface area contributed by atoms with Gasteiger partial charge in [0.2, 0.25) is 0 Å². The third kappa shape index (κ3) is 3.19. The highest BCUT2D eigenvalue weighted by Gasteiger charge is 2.13. The molecule has 2 atom stereocenters. The number of hydrogen-bond donors (Lipinski definition) is 3. The van der Waals surface area contributed by atoms with E-state index >= 15 is 0 Å². The van der Waals surface area contributed by atoms with E-state index in [1.165, 1.54) is 0 Å². The average Bonchev–Trinajstić information content (AvgIpc) is 2.81. The maximum atomic E-state index is 12.1. The molecule has 1 aromatic carbocycles. The Hall–Kier alpha value is -1.82. The van der Waals surface area contributed by atoms with Crippen molar-refractivity contribution in [3.05, 3.63) is 30.0 Å². The first-order chi connectivity index (χ1) is 9.49. The molecule has 1 heterocycles. The molecule has 2 aromatic rings. The van der Waals surface area contributed by atoms with Crippen LogP contribution in [-0.2, 0) is 10.8 Å². The van der Waals surface area contributed by atoms with Gasteiger partial charge in [-0.2, -0.15) is 0 Å². The van der Waals surface area contributed by atoms with Crippen LogP contribution in [0.25, 0.3) is 10.9 Å². The lowest BCUT2D eigenvalue weighted by atomic mass is 10.1. The molecule has 108 valence electrons. The summed E-state index contributed by atoms with van der Waals surface area (Å²) in [6.07, 6.45) is 4.05. The second kappa shape index (κ2) is 6.09. The van der Waals surface area contributed by atoms with Gasteiger partial charge < -0.3 is 16.0 Å². The van der Waals surface area contributed by atoms with Gasteiger partial charge in [-0.3, -0.25) is 9.00 Å². The summed E-state index contributed by atoms with van der Waals surface area (Å²) >= 11 is 0. The Kier molecular flexibility index (Phi) is 4.44. The Morgan fingerprint density at radius 2 is 2.25 bits per heavy atom. The summed E-state index contributed by atoms with van der Waals surface area (Å²) in [4.78, 5) is 15.2. The van der Waals surface area contributed by atoms with Crippen molar-refractivity contribution in [2.45, 2.75) is 18.6 Å². The Labute approximate surface area is 120 Å². The number of fused-ring (bicyclic) bond motifs is 1. The molecule has 5 nitrogen and oxygen atoms in total. The lowest BCUT2D eigenvalue weighted by molar-refractivity contribution is 0.0955. The number of H-pyrrole nitrogens is 1. The highest BCUT2D eigenvalue weighted by Crippen LogP contribution is 2.20. The summed E-state index contributed by atoms with van der Waals surface area (Å²) in [6.45, 7) is 2.42. The molecule has 0 saturated carbocycles. The Balaban J connectivity index is 2.04. The number of rotatable bonds is 5. The fourth-order valence-corrected chi connectivity index (χ4v) is 2.43. The first kappa shape index (κ1) is 14.6. The number of aromatic amines is 1. The summed E-state index contributed by atoms with van der Waals surface area (Å²) in [5, 5.41) is 3.74. The van der Waals surface area contributed by atoms with Gasteiger partial charge in [0.15, 0.2) is 0 Å². The van der Waals surface area contributed by atoms with Crippen molar-refractivity contribution in [2.75, 3.05) is 18.5 Å². The van der Waals surface area contributed by atoms with Gasteiger partial charge in [-0.1, -0.05) is 6.92 Å². The molecular formula is C14H19N3O2S. The predicted octanol–water partition coefficient (Wildman–Crippen LogP) is 1.64. The van der Waals surface area contributed by atoms with E-state index in [1.807, 2.05) is 13.0 Å². The average molecular weight is 293 g/mol. The van der Waals surface area contributed by atoms with Gasteiger partial charge in [-0.25, -0.2) is 0 Å². The van der Waals surface area contributed by atoms with Crippen LogP contribution >= 0.6 is 0 Å². The zero-order chi connectivity index (χ0) is 14.7. The number of anilines is 1. The van der Waals surface area contributed by atoms with Crippen LogP contribution in [0.15, 0.2) is 24.4 Å². The number of nitrogen functional groups attached to an aromatic ring is 1. The number of carbonyl (C=O) groups excluding carboxylic acids is 1. The SMILES string of the molecule is CC(CCNC(=O)c1c[nH]c2ccc(N)cc12)S(C)=O. The molecule has 0 radical (unpaired) electrons. The number of amides is 1. The van der Waals surface area contributed by atoms with Gasteiger partial charge in [0.25, 0.3) is 5.91 Å². The zero-order valence-corrected chi connectivity index (χ0v) is 12.4. The minimum absolute atomic E-state index is 0.0777. The third-order valence-corrected chi connectivity index (χ3v) is 4.72. The molecule has 20 heavy (non-hydrogen) atoms. The van der Waals surface area contributed by atoms with E-state index in [-0.39, 0.29) is 11.2 Å². The summed E-state index contributed by atoms with van der Waals surface area (Å²) in [5.74, 6) is -0.143. The van der Waals surface area contributed by atoms with Crippen LogP contribution in [-0.4, -0.2) is 33.2 Å². The number of carbonyl (C=O) groups is 1. The number of aromatic nitrogens is 1. The fraction of sp³-hybridized carbons (Fsp3) is 0.357. The van der Waals surface area contributed by atoms with Crippen molar-refractivity contribution in [1.82, 2.24) is 10.3 Å². The van der Waals surface area contributed by atoms with E-state index in [0.717, 1.165) is 10.9 Å². The van der Waals surface area contributed by atoms with Gasteiger partial charge in [0.1, 0.15) is 0 Å². The van der Waals surface area contributed by atoms with E-state index in [9.17, 15) is 9.00 Å². The molecule has 6 heteroatoms. The minimum Gasteiger partial charge on any atom is -0.399 e. The quantitative estimate of drug-likeness (QED) is 0.732. The minimum atomic E-state index is -0.861. The first-order valence-electron chi connectivity index (χ1n) is 6.46. The second-order valence-corrected chi connectivity index (χ2v) is 6.66. The maximum Gasteiger partial charge on any atom is 0.253 e. The summed E-state index contributed by atoms with van der Waals surface area (Å²) in [7, 11) is -0.861. The molecule has 0 fully saturated rings. The van der Waals surface area contributed by atoms with Crippen LogP contribution in [0.3, 0.4) is 0 Å². The Morgan fingerprint density at radius 1 is 1.50 bits per heavy atom. The molecule has 2 unspecified atom stereocenters. The normalized spacial score (nSPS) is 14.1. The van der Waals surface area contributed by atoms with Crippen molar-refractivity contribution < 1.29 is 9.00 Å². The predicted molar refractivity (Wildman–Crippen MR) is 83.2 cm³/mol. The van der Waals surface area contributed by atoms with Crippen LogP contribution in [0, 0.1) is 0 Å². The van der Waals surface area contributed by atoms with Gasteiger partial charge in [0.05, 0.1) is 5.56 Å². The maximum absolute atomic E-state index is 12.1. The van der Waals surface area contributed by atoms with E-state index in [4.69, 9.17) is 5.73 Å². The van der Waals surface area contributed by atoms with Crippen molar-refractivity contribution >= 4 is 33.3 Å². The molecule has 0 aliphatic carbocycles. The summed E-state index contributed by atoms with van der Waals surface area (Å²) in [5.41, 5.74) is 7.83. The van der Waals surface area contributed by atoms with Crippen molar-refractivity contribution in [3.8, 4) is 0 Å². The fourth-order valence-electron chi connectivity index (χ4n) is 1.98. The highest BCUT2D eigenvalue weighted by molar-refractivity contribution is 7.84. The topological polar surface area (TPSA) is 88.0 Å². The summed E-state index contributed by atoms with van der Waals surface area (Å²) in [6, 6.07) is 5.42. The van der Waals surface area contributed by atoms with Gasteiger partial charge in [0, 0.05) is 51.6 Å². The molecule has 1 aromatic heterocycles. The zero-order valence-electron chi connectivity index (χ0n) is 11.6. The number of nitrogens with one attached hydrogen (secondary N) is 2. The molecule has 0 aliphatic heterocycles. The molecular weight excluding hydrogens is 274 g/mol. The van der Waals surface area contributed by atoms with E-state index in [2.05, 4.69) is 10.3 Å². The Bertz CT molecular complexity index is 651. The molecule has 1 amide bonds. The molecule has 0 spiro atoms. The van der Waals surface area contributed by atoms with E-state index < -0.39 is 10.8 Å². The van der Waals surface area contributed by atoms with E-state index in [1.54, 1.807) is 24.6 Å². The lowest BCUT2D eigenvalue weighted by Crippen LogP contribution is -2.27. The number of benzene rings is 1. The van der Waals surface area contributed by atoms with Crippen molar-refractivity contribution in [2.24, 2.45) is 0 Å². The summed E-state index contributed by atoms with van der Waals surface area (Å²) < 4.78 is 11.2. The smallest absolute Gasteiger partial charge is 0.253 e. The highest BCUT2D eigenvalue weighted by atomic mass is 32.2. The Morgan fingerprint density at radius 3 is 2.95 bits per heavy atom. The molecule has 0 saturated heterocycles. The largest absolute Gasteiger partial charge is 0.399 e. The molecule has 0 aliphatic rings. The van der Waals surface area contributed by atoms with E-state index in [0.29, 0.717) is 24.2 Å². The van der Waals surface area contributed by atoms with Crippen LogP contribution in [0.5, 0.6) is 0 Å². The second-order valence-electron chi connectivity index (χ2n) is 4.86. The number of nitrogens with two attached hydrogens (primary N) is 1.